The van der Waals surface area contributed by atoms with E-state index < -0.39 is 23.2 Å². The van der Waals surface area contributed by atoms with E-state index >= 15 is 0 Å². The van der Waals surface area contributed by atoms with Crippen LogP contribution in [0.5, 0.6) is 0 Å². The molecular formula is C19H21N5O3S. The van der Waals surface area contributed by atoms with E-state index in [1.807, 2.05) is 0 Å². The zero-order chi connectivity index (χ0) is 19.5. The van der Waals surface area contributed by atoms with Gasteiger partial charge in [0, 0.05) is 17.8 Å². The first-order valence-corrected chi connectivity index (χ1v) is 10.3. The van der Waals surface area contributed by atoms with Crippen LogP contribution in [0, 0.1) is 5.92 Å². The number of amides is 1. The topological polar surface area (TPSA) is 110 Å². The fourth-order valence-electron chi connectivity index (χ4n) is 3.89. The summed E-state index contributed by atoms with van der Waals surface area (Å²) in [4.78, 5) is 49.6. The molecule has 2 N–H and O–H groups in total. The van der Waals surface area contributed by atoms with Gasteiger partial charge in [0.1, 0.15) is 11.7 Å². The van der Waals surface area contributed by atoms with E-state index in [0.29, 0.717) is 17.5 Å². The Hall–Kier alpha value is -2.81. The van der Waals surface area contributed by atoms with Crippen LogP contribution in [-0.2, 0) is 4.79 Å². The molecule has 28 heavy (non-hydrogen) atoms. The molecule has 8 nitrogen and oxygen atoms in total. The number of fused-ring (bicyclic) bond motifs is 1. The van der Waals surface area contributed by atoms with Gasteiger partial charge in [0.2, 0.25) is 5.91 Å². The van der Waals surface area contributed by atoms with Crippen molar-refractivity contribution in [2.24, 2.45) is 5.92 Å². The van der Waals surface area contributed by atoms with Gasteiger partial charge < -0.3 is 5.32 Å². The molecule has 1 atom stereocenters. The third kappa shape index (κ3) is 3.75. The predicted octanol–water partition coefficient (Wildman–Crippen LogP) is 2.69. The number of nitrogens with one attached hydrogen (secondary N) is 2. The van der Waals surface area contributed by atoms with E-state index in [4.69, 9.17) is 0 Å². The van der Waals surface area contributed by atoms with Crippen molar-refractivity contribution >= 4 is 33.4 Å². The van der Waals surface area contributed by atoms with Gasteiger partial charge in [0.15, 0.2) is 5.13 Å². The van der Waals surface area contributed by atoms with Gasteiger partial charge in [-0.05, 0) is 24.5 Å². The molecule has 146 valence electrons. The van der Waals surface area contributed by atoms with Crippen LogP contribution >= 0.6 is 11.3 Å². The van der Waals surface area contributed by atoms with Crippen molar-refractivity contribution < 1.29 is 4.79 Å². The Labute approximate surface area is 164 Å². The molecule has 9 heteroatoms. The Balaban J connectivity index is 1.75. The number of rotatable bonds is 5. The summed E-state index contributed by atoms with van der Waals surface area (Å²) in [7, 11) is 0. The van der Waals surface area contributed by atoms with Crippen LogP contribution in [0.1, 0.15) is 44.6 Å². The number of anilines is 1. The first kappa shape index (κ1) is 18.5. The van der Waals surface area contributed by atoms with Crippen LogP contribution in [0.25, 0.3) is 11.0 Å². The first-order valence-electron chi connectivity index (χ1n) is 9.43. The highest BCUT2D eigenvalue weighted by molar-refractivity contribution is 7.13. The maximum absolute atomic E-state index is 13.1. The lowest BCUT2D eigenvalue weighted by Crippen LogP contribution is -2.43. The molecule has 1 fully saturated rings. The third-order valence-corrected chi connectivity index (χ3v) is 5.95. The molecule has 4 rings (SSSR count). The van der Waals surface area contributed by atoms with Crippen molar-refractivity contribution in [3.05, 3.63) is 50.7 Å². The van der Waals surface area contributed by atoms with E-state index in [9.17, 15) is 14.4 Å². The second-order valence-corrected chi connectivity index (χ2v) is 7.98. The summed E-state index contributed by atoms with van der Waals surface area (Å²) < 4.78 is 1.04. The van der Waals surface area contributed by atoms with E-state index in [1.165, 1.54) is 24.0 Å². The smallest absolute Gasteiger partial charge is 0.300 e. The Morgan fingerprint density at radius 1 is 1.25 bits per heavy atom. The number of H-pyrrole nitrogens is 1. The average molecular weight is 399 g/mol. The van der Waals surface area contributed by atoms with Crippen molar-refractivity contribution in [2.75, 3.05) is 5.32 Å². The maximum atomic E-state index is 13.1. The zero-order valence-corrected chi connectivity index (χ0v) is 16.1. The van der Waals surface area contributed by atoms with E-state index in [-0.39, 0.29) is 11.0 Å². The molecule has 1 unspecified atom stereocenters. The van der Waals surface area contributed by atoms with Gasteiger partial charge in [-0.2, -0.15) is 0 Å². The highest BCUT2D eigenvalue weighted by atomic mass is 32.1. The summed E-state index contributed by atoms with van der Waals surface area (Å²) in [5, 5.41) is 5.25. The third-order valence-electron chi connectivity index (χ3n) is 5.26. The van der Waals surface area contributed by atoms with Gasteiger partial charge >= 0.3 is 5.69 Å². The largest absolute Gasteiger partial charge is 0.330 e. The maximum Gasteiger partial charge on any atom is 0.330 e. The fraction of sp³-hybridized carbons (Fsp3) is 0.421. The predicted molar refractivity (Wildman–Crippen MR) is 108 cm³/mol. The van der Waals surface area contributed by atoms with Crippen molar-refractivity contribution in [3.63, 3.8) is 0 Å². The van der Waals surface area contributed by atoms with E-state index in [2.05, 4.69) is 20.3 Å². The molecule has 0 aromatic carbocycles. The minimum Gasteiger partial charge on any atom is -0.300 e. The molecule has 0 radical (unpaired) electrons. The summed E-state index contributed by atoms with van der Waals surface area (Å²) in [5.74, 6) is -0.0898. The minimum atomic E-state index is -0.896. The van der Waals surface area contributed by atoms with Gasteiger partial charge in [-0.3, -0.25) is 14.6 Å². The quantitative estimate of drug-likeness (QED) is 0.685. The van der Waals surface area contributed by atoms with Crippen LogP contribution in [0.2, 0.25) is 0 Å². The molecule has 1 aliphatic rings. The minimum absolute atomic E-state index is 0.227. The summed E-state index contributed by atoms with van der Waals surface area (Å²) in [5.41, 5.74) is -0.890. The number of carbonyl (C=O) groups is 1. The van der Waals surface area contributed by atoms with Crippen LogP contribution in [-0.4, -0.2) is 25.4 Å². The van der Waals surface area contributed by atoms with Gasteiger partial charge in [0.05, 0.1) is 5.39 Å². The SMILES string of the molecule is O=C(Nc1nccs1)C(CC1CCCCC1)n1c(=O)[nH]c2ncccc2c1=O. The average Bonchev–Trinajstić information content (AvgIpc) is 3.21. The standard InChI is InChI=1S/C19H21N5O3S/c25-16(23-18-21-9-10-28-18)14(11-12-5-2-1-3-6-12)24-17(26)13-7-4-8-20-15(13)22-19(24)27/h4,7-10,12,14H,1-3,5-6,11H2,(H,20,22,27)(H,21,23,25). The summed E-state index contributed by atoms with van der Waals surface area (Å²) in [6, 6.07) is 2.35. The number of hydrogen-bond donors (Lipinski definition) is 2. The van der Waals surface area contributed by atoms with Crippen molar-refractivity contribution in [1.29, 1.82) is 0 Å². The molecule has 3 aromatic rings. The molecule has 1 amide bonds. The summed E-state index contributed by atoms with van der Waals surface area (Å²) >= 11 is 1.29. The Kier molecular flexibility index (Phi) is 5.34. The zero-order valence-electron chi connectivity index (χ0n) is 15.3. The molecule has 0 saturated heterocycles. The lowest BCUT2D eigenvalue weighted by atomic mass is 9.84. The number of carbonyl (C=O) groups excluding carboxylic acids is 1. The second-order valence-electron chi connectivity index (χ2n) is 7.09. The molecular weight excluding hydrogens is 378 g/mol. The molecule has 0 spiro atoms. The van der Waals surface area contributed by atoms with Gasteiger partial charge in [-0.1, -0.05) is 32.1 Å². The highest BCUT2D eigenvalue weighted by Gasteiger charge is 2.29. The van der Waals surface area contributed by atoms with Crippen molar-refractivity contribution in [1.82, 2.24) is 19.5 Å². The van der Waals surface area contributed by atoms with Crippen LogP contribution < -0.4 is 16.6 Å². The van der Waals surface area contributed by atoms with Crippen LogP contribution in [0.4, 0.5) is 5.13 Å². The number of thiazole rings is 1. The van der Waals surface area contributed by atoms with Crippen molar-refractivity contribution in [2.45, 2.75) is 44.6 Å². The summed E-state index contributed by atoms with van der Waals surface area (Å²) in [6.45, 7) is 0. The Bertz CT molecular complexity index is 1080. The fourth-order valence-corrected chi connectivity index (χ4v) is 4.42. The van der Waals surface area contributed by atoms with E-state index in [1.54, 1.807) is 23.7 Å². The normalized spacial score (nSPS) is 16.1. The molecule has 1 saturated carbocycles. The Morgan fingerprint density at radius 3 is 2.82 bits per heavy atom. The molecule has 0 aliphatic heterocycles. The van der Waals surface area contributed by atoms with Gasteiger partial charge in [0.25, 0.3) is 5.56 Å². The molecule has 3 heterocycles. The molecule has 3 aromatic heterocycles. The first-order chi connectivity index (χ1) is 13.6. The van der Waals surface area contributed by atoms with Crippen LogP contribution in [0.15, 0.2) is 39.5 Å². The van der Waals surface area contributed by atoms with Gasteiger partial charge in [-0.25, -0.2) is 19.3 Å². The molecule has 0 bridgehead atoms. The lowest BCUT2D eigenvalue weighted by Gasteiger charge is -2.26. The second kappa shape index (κ2) is 8.05. The monoisotopic (exact) mass is 399 g/mol. The Morgan fingerprint density at radius 2 is 2.07 bits per heavy atom. The number of nitrogens with zero attached hydrogens (tertiary/aromatic N) is 3. The number of aromatic amines is 1. The lowest BCUT2D eigenvalue weighted by molar-refractivity contribution is -0.120. The number of hydrogen-bond acceptors (Lipinski definition) is 6. The number of aromatic nitrogens is 4. The number of pyridine rings is 1. The van der Waals surface area contributed by atoms with Crippen LogP contribution in [0.3, 0.4) is 0 Å². The molecule has 1 aliphatic carbocycles. The summed E-state index contributed by atoms with van der Waals surface area (Å²) in [6.07, 6.45) is 8.97. The highest BCUT2D eigenvalue weighted by Crippen LogP contribution is 2.31. The van der Waals surface area contributed by atoms with Crippen molar-refractivity contribution in [3.8, 4) is 0 Å². The van der Waals surface area contributed by atoms with Gasteiger partial charge in [-0.15, -0.1) is 11.3 Å². The van der Waals surface area contributed by atoms with E-state index in [0.717, 1.165) is 30.3 Å².